The third-order valence-corrected chi connectivity index (χ3v) is 5.07. The molecule has 6 heteroatoms. The van der Waals surface area contributed by atoms with E-state index in [0.717, 1.165) is 22.6 Å². The van der Waals surface area contributed by atoms with E-state index in [-0.39, 0.29) is 18.4 Å². The predicted octanol–water partition coefficient (Wildman–Crippen LogP) is 2.98. The monoisotopic (exact) mass is 367 g/mol. The number of likely N-dealkylation sites (N-methyl/N-ethyl adjacent to an activating group) is 1. The molecule has 0 saturated heterocycles. The molecule has 1 amide bonds. The minimum atomic E-state index is -0.859. The van der Waals surface area contributed by atoms with Gasteiger partial charge in [0.2, 0.25) is 5.91 Å². The summed E-state index contributed by atoms with van der Waals surface area (Å²) < 4.78 is 1.93. The first-order valence-corrected chi connectivity index (χ1v) is 9.19. The number of nitrogens with one attached hydrogen (secondary N) is 1. The number of hydrogen-bond acceptors (Lipinski definition) is 4. The smallest absolute Gasteiger partial charge is 0.235 e. The Labute approximate surface area is 161 Å². The molecule has 0 unspecified atom stereocenters. The molecule has 2 aromatic rings. The molecule has 1 aromatic carbocycles. The van der Waals surface area contributed by atoms with Crippen molar-refractivity contribution in [1.29, 1.82) is 5.26 Å². The van der Waals surface area contributed by atoms with Crippen LogP contribution in [0.4, 0.5) is 0 Å². The molecule has 27 heavy (non-hydrogen) atoms. The summed E-state index contributed by atoms with van der Waals surface area (Å²) in [5, 5.41) is 16.9. The van der Waals surface area contributed by atoms with Crippen molar-refractivity contribution in [2.75, 3.05) is 13.6 Å². The molecule has 2 rings (SSSR count). The lowest BCUT2D eigenvalue weighted by atomic mass is 9.90. The summed E-state index contributed by atoms with van der Waals surface area (Å²) in [6.45, 7) is 10.5. The summed E-state index contributed by atoms with van der Waals surface area (Å²) in [5.74, 6) is -0.119. The average Bonchev–Trinajstić information content (AvgIpc) is 2.90. The lowest BCUT2D eigenvalue weighted by molar-refractivity contribution is -0.123. The van der Waals surface area contributed by atoms with E-state index in [4.69, 9.17) is 0 Å². The van der Waals surface area contributed by atoms with Crippen LogP contribution >= 0.6 is 0 Å². The number of nitriles is 1. The first-order chi connectivity index (χ1) is 12.7. The van der Waals surface area contributed by atoms with E-state index in [1.165, 1.54) is 0 Å². The Morgan fingerprint density at radius 3 is 2.52 bits per heavy atom. The number of carbonyl (C=O) groups excluding carboxylic acids is 1. The quantitative estimate of drug-likeness (QED) is 0.816. The molecule has 0 fully saturated rings. The summed E-state index contributed by atoms with van der Waals surface area (Å²) in [5.41, 5.74) is 3.29. The molecule has 0 spiro atoms. The van der Waals surface area contributed by atoms with E-state index in [1.54, 1.807) is 6.92 Å². The number of nitrogens with zero attached hydrogens (tertiary/aromatic N) is 4. The Morgan fingerprint density at radius 2 is 1.96 bits per heavy atom. The average molecular weight is 367 g/mol. The van der Waals surface area contributed by atoms with Gasteiger partial charge < -0.3 is 5.32 Å². The highest BCUT2D eigenvalue weighted by Gasteiger charge is 2.30. The van der Waals surface area contributed by atoms with Gasteiger partial charge in [0.15, 0.2) is 0 Å². The highest BCUT2D eigenvalue weighted by Crippen LogP contribution is 2.19. The zero-order chi connectivity index (χ0) is 20.2. The fourth-order valence-corrected chi connectivity index (χ4v) is 2.93. The van der Waals surface area contributed by atoms with Crippen molar-refractivity contribution in [3.63, 3.8) is 0 Å². The van der Waals surface area contributed by atoms with Gasteiger partial charge in [0.05, 0.1) is 24.0 Å². The molecular weight excluding hydrogens is 338 g/mol. The van der Waals surface area contributed by atoms with Gasteiger partial charge >= 0.3 is 0 Å². The molecule has 1 aromatic heterocycles. The number of rotatable bonds is 7. The van der Waals surface area contributed by atoms with Crippen molar-refractivity contribution in [2.24, 2.45) is 5.92 Å². The van der Waals surface area contributed by atoms with Crippen LogP contribution in [0.2, 0.25) is 0 Å². The topological polar surface area (TPSA) is 74.0 Å². The van der Waals surface area contributed by atoms with E-state index >= 15 is 0 Å². The maximum Gasteiger partial charge on any atom is 0.235 e. The third kappa shape index (κ3) is 4.75. The van der Waals surface area contributed by atoms with Crippen LogP contribution in [0.3, 0.4) is 0 Å². The van der Waals surface area contributed by atoms with Gasteiger partial charge in [-0.05, 0) is 45.9 Å². The van der Waals surface area contributed by atoms with Crippen molar-refractivity contribution in [1.82, 2.24) is 20.0 Å². The number of aromatic nitrogens is 2. The summed E-state index contributed by atoms with van der Waals surface area (Å²) >= 11 is 0. The number of amides is 1. The van der Waals surface area contributed by atoms with Crippen molar-refractivity contribution >= 4 is 5.91 Å². The standard InChI is InChI=1S/C21H29N5O/c1-15(2)21(5,14-22)23-20(27)13-25(6)12-19-16(3)24-26(17(19)4)18-10-8-7-9-11-18/h7-11,15H,12-13H2,1-6H3,(H,23,27)/t21-/m0/s1. The molecule has 0 aliphatic rings. The molecule has 0 aliphatic carbocycles. The number of carbonyl (C=O) groups is 1. The van der Waals surface area contributed by atoms with Gasteiger partial charge in [0, 0.05) is 17.8 Å². The lowest BCUT2D eigenvalue weighted by Gasteiger charge is -2.28. The Balaban J connectivity index is 2.08. The molecule has 1 heterocycles. The van der Waals surface area contributed by atoms with Crippen LogP contribution in [0.5, 0.6) is 0 Å². The van der Waals surface area contributed by atoms with E-state index in [2.05, 4.69) is 16.5 Å². The van der Waals surface area contributed by atoms with Crippen LogP contribution in [0, 0.1) is 31.1 Å². The molecule has 0 radical (unpaired) electrons. The van der Waals surface area contributed by atoms with E-state index in [9.17, 15) is 10.1 Å². The first kappa shape index (κ1) is 20.7. The van der Waals surface area contributed by atoms with Gasteiger partial charge in [0.25, 0.3) is 0 Å². The number of aryl methyl sites for hydroxylation is 1. The number of para-hydroxylation sites is 1. The van der Waals surface area contributed by atoms with Crippen molar-refractivity contribution < 1.29 is 4.79 Å². The summed E-state index contributed by atoms with van der Waals surface area (Å²) in [4.78, 5) is 14.3. The summed E-state index contributed by atoms with van der Waals surface area (Å²) in [7, 11) is 1.90. The van der Waals surface area contributed by atoms with Gasteiger partial charge in [-0.25, -0.2) is 4.68 Å². The largest absolute Gasteiger partial charge is 0.337 e. The van der Waals surface area contributed by atoms with E-state index < -0.39 is 5.54 Å². The van der Waals surface area contributed by atoms with Gasteiger partial charge in [0.1, 0.15) is 5.54 Å². The van der Waals surface area contributed by atoms with Crippen LogP contribution in [0.1, 0.15) is 37.7 Å². The Bertz CT molecular complexity index is 834. The molecule has 0 bridgehead atoms. The van der Waals surface area contributed by atoms with Crippen LogP contribution in [-0.2, 0) is 11.3 Å². The fourth-order valence-electron chi connectivity index (χ4n) is 2.93. The lowest BCUT2D eigenvalue weighted by Crippen LogP contribution is -2.51. The van der Waals surface area contributed by atoms with Gasteiger partial charge in [-0.15, -0.1) is 0 Å². The van der Waals surface area contributed by atoms with Crippen molar-refractivity contribution in [2.45, 2.75) is 46.7 Å². The van der Waals surface area contributed by atoms with Crippen molar-refractivity contribution in [3.8, 4) is 11.8 Å². The highest BCUT2D eigenvalue weighted by molar-refractivity contribution is 5.79. The van der Waals surface area contributed by atoms with Crippen LogP contribution in [0.15, 0.2) is 30.3 Å². The zero-order valence-electron chi connectivity index (χ0n) is 17.1. The number of hydrogen-bond donors (Lipinski definition) is 1. The summed E-state index contributed by atoms with van der Waals surface area (Å²) in [6.07, 6.45) is 0. The highest BCUT2D eigenvalue weighted by atomic mass is 16.2. The minimum Gasteiger partial charge on any atom is -0.337 e. The predicted molar refractivity (Wildman–Crippen MR) is 106 cm³/mol. The molecule has 0 aliphatic heterocycles. The second-order valence-electron chi connectivity index (χ2n) is 7.59. The molecule has 144 valence electrons. The Morgan fingerprint density at radius 1 is 1.33 bits per heavy atom. The molecule has 0 saturated carbocycles. The third-order valence-electron chi connectivity index (χ3n) is 5.07. The van der Waals surface area contributed by atoms with Crippen LogP contribution in [0.25, 0.3) is 5.69 Å². The summed E-state index contributed by atoms with van der Waals surface area (Å²) in [6, 6.07) is 12.2. The normalized spacial score (nSPS) is 13.4. The Hall–Kier alpha value is -2.65. The zero-order valence-corrected chi connectivity index (χ0v) is 17.1. The maximum absolute atomic E-state index is 12.4. The van der Waals surface area contributed by atoms with Crippen molar-refractivity contribution in [3.05, 3.63) is 47.3 Å². The molecule has 1 N–H and O–H groups in total. The SMILES string of the molecule is Cc1nn(-c2ccccc2)c(C)c1CN(C)CC(=O)N[C@@](C)(C#N)C(C)C. The van der Waals surface area contributed by atoms with Crippen LogP contribution in [-0.4, -0.2) is 39.7 Å². The molecular formula is C21H29N5O. The fraction of sp³-hybridized carbons (Fsp3) is 0.476. The van der Waals surface area contributed by atoms with Gasteiger partial charge in [-0.2, -0.15) is 10.4 Å². The molecule has 6 nitrogen and oxygen atoms in total. The minimum absolute atomic E-state index is 0.0327. The van der Waals surface area contributed by atoms with Gasteiger partial charge in [-0.3, -0.25) is 9.69 Å². The second kappa shape index (κ2) is 8.36. The van der Waals surface area contributed by atoms with Gasteiger partial charge in [-0.1, -0.05) is 32.0 Å². The number of benzene rings is 1. The van der Waals surface area contributed by atoms with E-state index in [1.807, 2.05) is 74.7 Å². The molecule has 1 atom stereocenters. The Kier molecular flexibility index (Phi) is 6.40. The van der Waals surface area contributed by atoms with Crippen LogP contribution < -0.4 is 5.32 Å². The first-order valence-electron chi connectivity index (χ1n) is 9.19. The van der Waals surface area contributed by atoms with E-state index in [0.29, 0.717) is 6.54 Å². The second-order valence-corrected chi connectivity index (χ2v) is 7.59. The maximum atomic E-state index is 12.4.